The van der Waals surface area contributed by atoms with Crippen LogP contribution in [0, 0.1) is 6.92 Å². The van der Waals surface area contributed by atoms with Gasteiger partial charge in [0.25, 0.3) is 11.5 Å². The van der Waals surface area contributed by atoms with E-state index in [2.05, 4.69) is 10.3 Å². The molecule has 0 saturated carbocycles. The first-order valence-corrected chi connectivity index (χ1v) is 8.70. The predicted octanol–water partition coefficient (Wildman–Crippen LogP) is 3.21. The van der Waals surface area contributed by atoms with Crippen molar-refractivity contribution in [1.29, 1.82) is 0 Å². The van der Waals surface area contributed by atoms with E-state index < -0.39 is 0 Å². The van der Waals surface area contributed by atoms with Crippen LogP contribution in [0.3, 0.4) is 0 Å². The first kappa shape index (κ1) is 17.7. The number of aryl methyl sites for hydroxylation is 1. The molecule has 2 aromatic carbocycles. The normalized spacial score (nSPS) is 10.7. The lowest BCUT2D eigenvalue weighted by Crippen LogP contribution is -2.27. The summed E-state index contributed by atoms with van der Waals surface area (Å²) in [6.45, 7) is 4.89. The number of hydrogen-bond acceptors (Lipinski definition) is 3. The maximum atomic E-state index is 12.2. The molecule has 134 valence electrons. The van der Waals surface area contributed by atoms with Gasteiger partial charge in [0.05, 0.1) is 6.61 Å². The maximum Gasteiger partial charge on any atom is 0.251 e. The summed E-state index contributed by atoms with van der Waals surface area (Å²) in [6.07, 6.45) is 0.474. The van der Waals surface area contributed by atoms with Gasteiger partial charge >= 0.3 is 0 Å². The van der Waals surface area contributed by atoms with E-state index in [-0.39, 0.29) is 11.5 Å². The zero-order valence-corrected chi connectivity index (χ0v) is 15.0. The quantitative estimate of drug-likeness (QED) is 0.717. The molecule has 0 saturated heterocycles. The second kappa shape index (κ2) is 7.87. The number of amides is 1. The van der Waals surface area contributed by atoms with E-state index in [4.69, 9.17) is 4.74 Å². The maximum absolute atomic E-state index is 12.2. The lowest BCUT2D eigenvalue weighted by Gasteiger charge is -2.07. The van der Waals surface area contributed by atoms with E-state index >= 15 is 0 Å². The van der Waals surface area contributed by atoms with Crippen LogP contribution in [0.2, 0.25) is 0 Å². The molecule has 0 aliphatic rings. The van der Waals surface area contributed by atoms with Crippen molar-refractivity contribution in [2.45, 2.75) is 20.3 Å². The molecule has 0 bridgehead atoms. The molecule has 5 heteroatoms. The first-order chi connectivity index (χ1) is 12.6. The Morgan fingerprint density at radius 1 is 1.12 bits per heavy atom. The average Bonchev–Trinajstić information content (AvgIpc) is 2.63. The number of carbonyl (C=O) groups excluding carboxylic acids is 1. The molecule has 0 radical (unpaired) electrons. The van der Waals surface area contributed by atoms with Crippen LogP contribution in [0.15, 0.2) is 53.3 Å². The number of aromatic nitrogens is 1. The monoisotopic (exact) mass is 350 g/mol. The molecule has 26 heavy (non-hydrogen) atoms. The third-order valence-corrected chi connectivity index (χ3v) is 4.19. The number of nitrogens with one attached hydrogen (secondary N) is 2. The number of carbonyl (C=O) groups is 1. The minimum atomic E-state index is -0.166. The third kappa shape index (κ3) is 4.11. The standard InChI is InChI=1S/C21H22N2O3/c1-3-26-18-8-6-15(7-9-18)20(24)22-11-10-17-13-16-5-4-14(2)12-19(16)23-21(17)25/h4-9,12-13H,3,10-11H2,1-2H3,(H,22,24)(H,23,25). The van der Waals surface area contributed by atoms with E-state index in [0.29, 0.717) is 30.7 Å². The van der Waals surface area contributed by atoms with Gasteiger partial charge in [-0.25, -0.2) is 0 Å². The molecule has 2 N–H and O–H groups in total. The number of hydrogen-bond donors (Lipinski definition) is 2. The summed E-state index contributed by atoms with van der Waals surface area (Å²) in [4.78, 5) is 27.3. The van der Waals surface area contributed by atoms with Crippen molar-refractivity contribution in [3.05, 3.63) is 75.6 Å². The highest BCUT2D eigenvalue weighted by molar-refractivity contribution is 5.94. The number of pyridine rings is 1. The summed E-state index contributed by atoms with van der Waals surface area (Å²) in [5.74, 6) is 0.572. The Morgan fingerprint density at radius 3 is 2.62 bits per heavy atom. The summed E-state index contributed by atoms with van der Waals surface area (Å²) in [7, 11) is 0. The molecule has 0 spiro atoms. The lowest BCUT2D eigenvalue weighted by atomic mass is 10.1. The van der Waals surface area contributed by atoms with Gasteiger partial charge in [-0.3, -0.25) is 9.59 Å². The minimum absolute atomic E-state index is 0.113. The Kier molecular flexibility index (Phi) is 5.37. The van der Waals surface area contributed by atoms with Gasteiger partial charge in [-0.1, -0.05) is 12.1 Å². The van der Waals surface area contributed by atoms with Crippen LogP contribution in [0.25, 0.3) is 10.9 Å². The largest absolute Gasteiger partial charge is 0.494 e. The zero-order valence-electron chi connectivity index (χ0n) is 15.0. The molecular formula is C21H22N2O3. The fourth-order valence-electron chi connectivity index (χ4n) is 2.83. The van der Waals surface area contributed by atoms with Crippen molar-refractivity contribution in [1.82, 2.24) is 10.3 Å². The highest BCUT2D eigenvalue weighted by Gasteiger charge is 2.07. The number of ether oxygens (including phenoxy) is 1. The SMILES string of the molecule is CCOc1ccc(C(=O)NCCc2cc3ccc(C)cc3[nH]c2=O)cc1. The molecule has 0 aliphatic heterocycles. The van der Waals surface area contributed by atoms with Crippen LogP contribution in [0.5, 0.6) is 5.75 Å². The van der Waals surface area contributed by atoms with Crippen LogP contribution in [0.1, 0.15) is 28.4 Å². The summed E-state index contributed by atoms with van der Waals surface area (Å²) >= 11 is 0. The second-order valence-electron chi connectivity index (χ2n) is 6.18. The van der Waals surface area contributed by atoms with Crippen LogP contribution >= 0.6 is 0 Å². The Morgan fingerprint density at radius 2 is 1.88 bits per heavy atom. The van der Waals surface area contributed by atoms with E-state index in [1.54, 1.807) is 24.3 Å². The molecule has 0 aliphatic carbocycles. The van der Waals surface area contributed by atoms with Crippen molar-refractivity contribution in [2.24, 2.45) is 0 Å². The number of aromatic amines is 1. The van der Waals surface area contributed by atoms with Crippen molar-refractivity contribution >= 4 is 16.8 Å². The molecule has 1 heterocycles. The Hall–Kier alpha value is -3.08. The van der Waals surface area contributed by atoms with Gasteiger partial charge in [0.2, 0.25) is 0 Å². The highest BCUT2D eigenvalue weighted by Crippen LogP contribution is 2.14. The van der Waals surface area contributed by atoms with Gasteiger partial charge in [0, 0.05) is 23.2 Å². The average molecular weight is 350 g/mol. The van der Waals surface area contributed by atoms with Crippen molar-refractivity contribution in [3.8, 4) is 5.75 Å². The van der Waals surface area contributed by atoms with Gasteiger partial charge in [-0.2, -0.15) is 0 Å². The number of H-pyrrole nitrogens is 1. The van der Waals surface area contributed by atoms with Crippen LogP contribution < -0.4 is 15.6 Å². The molecule has 3 rings (SSSR count). The number of benzene rings is 2. The second-order valence-corrected chi connectivity index (χ2v) is 6.18. The molecule has 1 amide bonds. The first-order valence-electron chi connectivity index (χ1n) is 8.70. The van der Waals surface area contributed by atoms with Gasteiger partial charge in [0.1, 0.15) is 5.75 Å². The van der Waals surface area contributed by atoms with Crippen molar-refractivity contribution in [3.63, 3.8) is 0 Å². The third-order valence-electron chi connectivity index (χ3n) is 4.19. The van der Waals surface area contributed by atoms with Gasteiger partial charge in [-0.05, 0) is 67.6 Å². The summed E-state index contributed by atoms with van der Waals surface area (Å²) in [5, 5.41) is 3.84. The molecular weight excluding hydrogens is 328 g/mol. The Labute approximate surface area is 152 Å². The highest BCUT2D eigenvalue weighted by atomic mass is 16.5. The van der Waals surface area contributed by atoms with Crippen molar-refractivity contribution in [2.75, 3.05) is 13.2 Å². The fraction of sp³-hybridized carbons (Fsp3) is 0.238. The van der Waals surface area contributed by atoms with E-state index in [0.717, 1.165) is 22.2 Å². The van der Waals surface area contributed by atoms with E-state index in [9.17, 15) is 9.59 Å². The number of rotatable bonds is 6. The summed E-state index contributed by atoms with van der Waals surface area (Å²) in [6, 6.07) is 14.8. The Bertz CT molecular complexity index is 975. The molecule has 5 nitrogen and oxygen atoms in total. The number of fused-ring (bicyclic) bond motifs is 1. The van der Waals surface area contributed by atoms with Crippen LogP contribution in [-0.2, 0) is 6.42 Å². The molecule has 3 aromatic rings. The topological polar surface area (TPSA) is 71.2 Å². The van der Waals surface area contributed by atoms with E-state index in [1.165, 1.54) is 0 Å². The fourth-order valence-corrected chi connectivity index (χ4v) is 2.83. The van der Waals surface area contributed by atoms with E-state index in [1.807, 2.05) is 38.1 Å². The Balaban J connectivity index is 1.63. The molecule has 0 unspecified atom stereocenters. The summed E-state index contributed by atoms with van der Waals surface area (Å²) < 4.78 is 5.37. The van der Waals surface area contributed by atoms with Crippen molar-refractivity contribution < 1.29 is 9.53 Å². The smallest absolute Gasteiger partial charge is 0.251 e. The van der Waals surface area contributed by atoms with Gasteiger partial charge in [-0.15, -0.1) is 0 Å². The molecule has 0 atom stereocenters. The minimum Gasteiger partial charge on any atom is -0.494 e. The zero-order chi connectivity index (χ0) is 18.5. The van der Waals surface area contributed by atoms with Crippen LogP contribution in [0.4, 0.5) is 0 Å². The molecule has 1 aromatic heterocycles. The van der Waals surface area contributed by atoms with Gasteiger partial charge < -0.3 is 15.0 Å². The molecule has 0 fully saturated rings. The summed E-state index contributed by atoms with van der Waals surface area (Å²) in [5.41, 5.74) is 3.05. The van der Waals surface area contributed by atoms with Gasteiger partial charge in [0.15, 0.2) is 0 Å². The van der Waals surface area contributed by atoms with Crippen LogP contribution in [-0.4, -0.2) is 24.0 Å². The predicted molar refractivity (Wildman–Crippen MR) is 103 cm³/mol. The lowest BCUT2D eigenvalue weighted by molar-refractivity contribution is 0.0954.